The number of carbonyl (C=O) groups is 2. The van der Waals surface area contributed by atoms with E-state index in [0.29, 0.717) is 37.0 Å². The quantitative estimate of drug-likeness (QED) is 0.433. The molecule has 0 bridgehead atoms. The van der Waals surface area contributed by atoms with Crippen LogP contribution in [0, 0.1) is 34.0 Å². The van der Waals surface area contributed by atoms with Gasteiger partial charge in [-0.1, -0.05) is 26.7 Å². The third-order valence-corrected chi connectivity index (χ3v) is 12.2. The Bertz CT molecular complexity index is 944. The van der Waals surface area contributed by atoms with Crippen molar-refractivity contribution in [3.8, 4) is 0 Å². The van der Waals surface area contributed by atoms with Gasteiger partial charge in [0, 0.05) is 18.9 Å². The van der Waals surface area contributed by atoms with E-state index in [9.17, 15) is 24.9 Å². The minimum Gasteiger partial charge on any atom is -0.462 e. The number of rotatable bonds is 6. The lowest BCUT2D eigenvalue weighted by molar-refractivity contribution is -0.308. The molecular formula is C31H48O7. The first-order chi connectivity index (χ1) is 18.0. The summed E-state index contributed by atoms with van der Waals surface area (Å²) in [6, 6.07) is 0. The van der Waals surface area contributed by atoms with Gasteiger partial charge in [0.2, 0.25) is 0 Å². The van der Waals surface area contributed by atoms with E-state index in [1.807, 2.05) is 6.92 Å². The molecular weight excluding hydrogens is 484 g/mol. The minimum atomic E-state index is -1.39. The summed E-state index contributed by atoms with van der Waals surface area (Å²) >= 11 is 0. The third kappa shape index (κ3) is 4.35. The Hall–Kier alpha value is -1.44. The molecule has 4 fully saturated rings. The Morgan fingerprint density at radius 1 is 1.13 bits per heavy atom. The summed E-state index contributed by atoms with van der Waals surface area (Å²) in [7, 11) is 0. The lowest BCUT2D eigenvalue weighted by atomic mass is 9.39. The molecule has 38 heavy (non-hydrogen) atoms. The van der Waals surface area contributed by atoms with Crippen molar-refractivity contribution >= 4 is 11.9 Å². The Balaban J connectivity index is 1.52. The van der Waals surface area contributed by atoms with Gasteiger partial charge >= 0.3 is 11.9 Å². The number of hydrogen-bond donors (Lipinski definition) is 3. The summed E-state index contributed by atoms with van der Waals surface area (Å²) in [5, 5.41) is 35.6. The highest BCUT2D eigenvalue weighted by Crippen LogP contribution is 2.68. The van der Waals surface area contributed by atoms with E-state index in [0.717, 1.165) is 24.8 Å². The third-order valence-electron chi connectivity index (χ3n) is 12.2. The number of esters is 2. The molecule has 1 spiro atoms. The lowest BCUT2D eigenvalue weighted by Crippen LogP contribution is -2.74. The fraction of sp³-hybridized carbons (Fsp3) is 0.871. The second-order valence-electron chi connectivity index (χ2n) is 13.8. The van der Waals surface area contributed by atoms with Gasteiger partial charge in [-0.2, -0.15) is 0 Å². The van der Waals surface area contributed by atoms with Crippen LogP contribution < -0.4 is 0 Å². The van der Waals surface area contributed by atoms with Crippen LogP contribution in [-0.2, 0) is 19.1 Å². The summed E-state index contributed by atoms with van der Waals surface area (Å²) in [6.45, 7) is 5.50. The molecule has 0 radical (unpaired) electrons. The van der Waals surface area contributed by atoms with E-state index in [-0.39, 0.29) is 42.4 Å². The monoisotopic (exact) mass is 532 g/mol. The maximum Gasteiger partial charge on any atom is 0.331 e. The SMILES string of the molecule is CC(=O)O[C@@H]1C[C@@H](C)[C@](O)(CCC2=CC(=O)OC2)[C@]2(CO)[C@@H]1[C@](C)(C1CCC3(CCCC3)CC1)CC[C@@H]2O. The molecule has 214 valence electrons. The standard InChI is InChI=1S/C31H48O7/c1-20-16-24(38-21(2)33)27-28(3,23-7-13-29(14-8-23)10-4-5-11-29)12-9-25(34)30(27,19-32)31(20,36)15-6-22-17-26(35)37-18-22/h17,20,23-25,27,32,34,36H,4-16,18-19H2,1-3H3/t20-,24-,25+,27+,28+,30+,31-/m1/s1. The van der Waals surface area contributed by atoms with Crippen LogP contribution in [0.3, 0.4) is 0 Å². The van der Waals surface area contributed by atoms with Gasteiger partial charge in [0.1, 0.15) is 12.7 Å². The first kappa shape index (κ1) is 28.1. The molecule has 7 heteroatoms. The summed E-state index contributed by atoms with van der Waals surface area (Å²) in [4.78, 5) is 24.0. The van der Waals surface area contributed by atoms with Crippen molar-refractivity contribution in [1.82, 2.24) is 0 Å². The minimum absolute atomic E-state index is 0.221. The van der Waals surface area contributed by atoms with Crippen LogP contribution >= 0.6 is 0 Å². The number of hydrogen-bond acceptors (Lipinski definition) is 7. The second-order valence-corrected chi connectivity index (χ2v) is 13.8. The van der Waals surface area contributed by atoms with Crippen LogP contribution in [0.2, 0.25) is 0 Å². The van der Waals surface area contributed by atoms with E-state index in [1.54, 1.807) is 0 Å². The second kappa shape index (κ2) is 10.2. The van der Waals surface area contributed by atoms with Crippen LogP contribution in [0.5, 0.6) is 0 Å². The highest BCUT2D eigenvalue weighted by Gasteiger charge is 2.72. The molecule has 0 aromatic carbocycles. The summed E-state index contributed by atoms with van der Waals surface area (Å²) < 4.78 is 11.1. The fourth-order valence-electron chi connectivity index (χ4n) is 10.1. The zero-order valence-corrected chi connectivity index (χ0v) is 23.5. The molecule has 0 aromatic heterocycles. The molecule has 5 aliphatic rings. The van der Waals surface area contributed by atoms with Crippen molar-refractivity contribution in [1.29, 1.82) is 0 Å². The Labute approximate surface area is 227 Å². The van der Waals surface area contributed by atoms with Gasteiger partial charge in [-0.25, -0.2) is 4.79 Å². The Kier molecular flexibility index (Phi) is 7.54. The van der Waals surface area contributed by atoms with Crippen molar-refractivity contribution in [3.63, 3.8) is 0 Å². The molecule has 0 aromatic rings. The van der Waals surface area contributed by atoms with Crippen LogP contribution in [0.1, 0.15) is 104 Å². The predicted octanol–water partition coefficient (Wildman–Crippen LogP) is 4.46. The maximum absolute atomic E-state index is 12.6. The van der Waals surface area contributed by atoms with Crippen molar-refractivity contribution < 1.29 is 34.4 Å². The van der Waals surface area contributed by atoms with E-state index in [1.165, 1.54) is 51.5 Å². The average Bonchev–Trinajstić information content (AvgIpc) is 3.51. The maximum atomic E-state index is 12.6. The molecule has 1 heterocycles. The summed E-state index contributed by atoms with van der Waals surface area (Å²) in [6.07, 6.45) is 12.6. The molecule has 1 aliphatic heterocycles. The van der Waals surface area contributed by atoms with Gasteiger partial charge in [-0.05, 0) is 98.9 Å². The van der Waals surface area contributed by atoms with Gasteiger partial charge in [0.25, 0.3) is 0 Å². The van der Waals surface area contributed by atoms with Crippen LogP contribution in [-0.4, -0.2) is 58.3 Å². The van der Waals surface area contributed by atoms with Crippen molar-refractivity contribution in [2.75, 3.05) is 13.2 Å². The number of ether oxygens (including phenoxy) is 2. The van der Waals surface area contributed by atoms with Crippen molar-refractivity contribution in [2.45, 2.75) is 122 Å². The largest absolute Gasteiger partial charge is 0.462 e. The van der Waals surface area contributed by atoms with Gasteiger partial charge < -0.3 is 24.8 Å². The van der Waals surface area contributed by atoms with Gasteiger partial charge in [-0.15, -0.1) is 0 Å². The first-order valence-electron chi connectivity index (χ1n) is 15.0. The van der Waals surface area contributed by atoms with Gasteiger partial charge in [-0.3, -0.25) is 4.79 Å². The molecule has 0 unspecified atom stereocenters. The molecule has 7 nitrogen and oxygen atoms in total. The lowest BCUT2D eigenvalue weighted by Gasteiger charge is -2.68. The normalized spacial score (nSPS) is 43.0. The molecule has 4 aliphatic carbocycles. The molecule has 0 saturated heterocycles. The molecule has 7 atom stereocenters. The van der Waals surface area contributed by atoms with E-state index < -0.39 is 23.2 Å². The molecule has 5 rings (SSSR count). The zero-order chi connectivity index (χ0) is 27.3. The number of fused-ring (bicyclic) bond motifs is 1. The smallest absolute Gasteiger partial charge is 0.331 e. The van der Waals surface area contributed by atoms with E-state index in [4.69, 9.17) is 9.47 Å². The first-order valence-corrected chi connectivity index (χ1v) is 15.0. The Morgan fingerprint density at radius 2 is 1.82 bits per heavy atom. The average molecular weight is 533 g/mol. The van der Waals surface area contributed by atoms with Crippen molar-refractivity contribution in [3.05, 3.63) is 11.6 Å². The molecule has 4 saturated carbocycles. The van der Waals surface area contributed by atoms with Crippen LogP contribution in [0.25, 0.3) is 0 Å². The highest BCUT2D eigenvalue weighted by molar-refractivity contribution is 5.85. The number of aliphatic hydroxyl groups is 3. The van der Waals surface area contributed by atoms with Crippen LogP contribution in [0.4, 0.5) is 0 Å². The Morgan fingerprint density at radius 3 is 2.39 bits per heavy atom. The van der Waals surface area contributed by atoms with Crippen molar-refractivity contribution in [2.24, 2.45) is 34.0 Å². The summed E-state index contributed by atoms with van der Waals surface area (Å²) in [5.74, 6) is -1.03. The fourth-order valence-corrected chi connectivity index (χ4v) is 10.1. The van der Waals surface area contributed by atoms with E-state index >= 15 is 0 Å². The van der Waals surface area contributed by atoms with Crippen LogP contribution in [0.15, 0.2) is 11.6 Å². The zero-order valence-electron chi connectivity index (χ0n) is 23.5. The topological polar surface area (TPSA) is 113 Å². The number of carbonyl (C=O) groups excluding carboxylic acids is 2. The predicted molar refractivity (Wildman–Crippen MR) is 142 cm³/mol. The highest BCUT2D eigenvalue weighted by atomic mass is 16.5. The molecule has 0 amide bonds. The van der Waals surface area contributed by atoms with Gasteiger partial charge in [0.15, 0.2) is 0 Å². The summed E-state index contributed by atoms with van der Waals surface area (Å²) in [5.41, 5.74) is -1.60. The number of aliphatic hydroxyl groups excluding tert-OH is 2. The molecule has 3 N–H and O–H groups in total. The van der Waals surface area contributed by atoms with E-state index in [2.05, 4.69) is 6.92 Å². The van der Waals surface area contributed by atoms with Gasteiger partial charge in [0.05, 0.1) is 23.7 Å². The number of cyclic esters (lactones) is 1.